The number of carbonyl (C=O) groups excluding carboxylic acids is 2. The van der Waals surface area contributed by atoms with Gasteiger partial charge < -0.3 is 14.4 Å². The molecule has 0 unspecified atom stereocenters. The Hall–Kier alpha value is -2.50. The van der Waals surface area contributed by atoms with E-state index in [1.807, 2.05) is 12.1 Å². The predicted octanol–water partition coefficient (Wildman–Crippen LogP) is 3.85. The number of rotatable bonds is 5. The van der Waals surface area contributed by atoms with Gasteiger partial charge in [-0.2, -0.15) is 0 Å². The first kappa shape index (κ1) is 20.8. The maximum absolute atomic E-state index is 13.6. The Morgan fingerprint density at radius 1 is 0.867 bits per heavy atom. The summed E-state index contributed by atoms with van der Waals surface area (Å²) in [5.74, 6) is 1.54. The number of piperidine rings is 1. The van der Waals surface area contributed by atoms with Gasteiger partial charge in [-0.25, -0.2) is 0 Å². The molecule has 30 heavy (non-hydrogen) atoms. The van der Waals surface area contributed by atoms with Crippen molar-refractivity contribution in [2.75, 3.05) is 27.3 Å². The summed E-state index contributed by atoms with van der Waals surface area (Å²) < 4.78 is 10.8. The van der Waals surface area contributed by atoms with Gasteiger partial charge in [-0.3, -0.25) is 14.5 Å². The van der Waals surface area contributed by atoms with Crippen LogP contribution in [0.2, 0.25) is 0 Å². The third-order valence-corrected chi connectivity index (χ3v) is 6.80. The Bertz CT molecular complexity index is 849. The molecule has 6 heteroatoms. The van der Waals surface area contributed by atoms with Gasteiger partial charge in [0.1, 0.15) is 5.70 Å². The molecule has 3 aliphatic rings. The van der Waals surface area contributed by atoms with Gasteiger partial charge >= 0.3 is 0 Å². The molecule has 0 bridgehead atoms. The van der Waals surface area contributed by atoms with Crippen LogP contribution in [0.15, 0.2) is 23.9 Å². The molecular formula is C24H32N2O4. The summed E-state index contributed by atoms with van der Waals surface area (Å²) in [7, 11) is 3.17. The molecule has 2 aliphatic heterocycles. The lowest BCUT2D eigenvalue weighted by molar-refractivity contribution is -0.141. The fourth-order valence-electron chi connectivity index (χ4n) is 4.98. The van der Waals surface area contributed by atoms with Crippen LogP contribution in [0.4, 0.5) is 0 Å². The first-order valence-electron chi connectivity index (χ1n) is 11.1. The number of carbonyl (C=O) groups is 2. The molecular weight excluding hydrogens is 380 g/mol. The van der Waals surface area contributed by atoms with E-state index in [4.69, 9.17) is 9.47 Å². The summed E-state index contributed by atoms with van der Waals surface area (Å²) in [4.78, 5) is 30.9. The highest BCUT2D eigenvalue weighted by molar-refractivity contribution is 6.35. The van der Waals surface area contributed by atoms with Crippen molar-refractivity contribution in [1.82, 2.24) is 9.80 Å². The highest BCUT2D eigenvalue weighted by Gasteiger charge is 2.45. The zero-order chi connectivity index (χ0) is 21.3. The number of hydrogen-bond acceptors (Lipinski definition) is 5. The van der Waals surface area contributed by atoms with Crippen LogP contribution in [-0.2, 0) is 9.59 Å². The average Bonchev–Trinajstić information content (AvgIpc) is 3.04. The van der Waals surface area contributed by atoms with Crippen LogP contribution in [0.25, 0.3) is 5.57 Å². The molecule has 0 aromatic heterocycles. The molecule has 6 nitrogen and oxygen atoms in total. The topological polar surface area (TPSA) is 59.1 Å². The molecule has 1 saturated carbocycles. The minimum atomic E-state index is -0.159. The van der Waals surface area contributed by atoms with E-state index in [1.165, 1.54) is 6.42 Å². The van der Waals surface area contributed by atoms with Gasteiger partial charge in [-0.15, -0.1) is 0 Å². The van der Waals surface area contributed by atoms with Crippen LogP contribution in [0.5, 0.6) is 11.5 Å². The van der Waals surface area contributed by atoms with Crippen molar-refractivity contribution in [3.05, 3.63) is 29.5 Å². The lowest BCUT2D eigenvalue weighted by Gasteiger charge is -2.34. The maximum atomic E-state index is 13.6. The van der Waals surface area contributed by atoms with Gasteiger partial charge in [0.15, 0.2) is 11.5 Å². The monoisotopic (exact) mass is 412 g/mol. The number of methoxy groups -OCH3 is 2. The molecule has 1 aromatic rings. The second-order valence-electron chi connectivity index (χ2n) is 8.74. The second-order valence-corrected chi connectivity index (χ2v) is 8.74. The molecule has 162 valence electrons. The lowest BCUT2D eigenvalue weighted by Crippen LogP contribution is -2.44. The van der Waals surface area contributed by atoms with Crippen molar-refractivity contribution in [3.63, 3.8) is 0 Å². The second kappa shape index (κ2) is 8.70. The van der Waals surface area contributed by atoms with Gasteiger partial charge in [0.2, 0.25) is 0 Å². The fourth-order valence-corrected chi connectivity index (χ4v) is 4.98. The molecule has 0 N–H and O–H groups in total. The number of hydrogen-bond donors (Lipinski definition) is 0. The van der Waals surface area contributed by atoms with Gasteiger partial charge in [-0.1, -0.05) is 32.3 Å². The van der Waals surface area contributed by atoms with Crippen LogP contribution < -0.4 is 9.47 Å². The molecule has 0 spiro atoms. The van der Waals surface area contributed by atoms with Crippen LogP contribution in [0, 0.1) is 5.92 Å². The Balaban J connectivity index is 1.77. The van der Waals surface area contributed by atoms with E-state index < -0.39 is 0 Å². The number of benzene rings is 1. The van der Waals surface area contributed by atoms with E-state index in [0.29, 0.717) is 28.7 Å². The molecule has 0 atom stereocenters. The van der Waals surface area contributed by atoms with Gasteiger partial charge in [0.25, 0.3) is 11.8 Å². The third-order valence-electron chi connectivity index (χ3n) is 6.80. The smallest absolute Gasteiger partial charge is 0.278 e. The number of amides is 2. The number of imide groups is 1. The highest BCUT2D eigenvalue weighted by Crippen LogP contribution is 2.39. The predicted molar refractivity (Wildman–Crippen MR) is 115 cm³/mol. The minimum absolute atomic E-state index is 0.00936. The zero-order valence-corrected chi connectivity index (χ0v) is 18.3. The van der Waals surface area contributed by atoms with Crippen LogP contribution >= 0.6 is 0 Å². The van der Waals surface area contributed by atoms with Gasteiger partial charge in [0, 0.05) is 19.1 Å². The van der Waals surface area contributed by atoms with Gasteiger partial charge in [0.05, 0.1) is 19.8 Å². The van der Waals surface area contributed by atoms with Crippen molar-refractivity contribution < 1.29 is 19.1 Å². The molecule has 2 amide bonds. The van der Waals surface area contributed by atoms with Crippen molar-refractivity contribution in [2.24, 2.45) is 5.92 Å². The zero-order valence-electron chi connectivity index (χ0n) is 18.3. The fraction of sp³-hybridized carbons (Fsp3) is 0.583. The van der Waals surface area contributed by atoms with Crippen molar-refractivity contribution in [3.8, 4) is 11.5 Å². The molecule has 4 rings (SSSR count). The molecule has 1 saturated heterocycles. The molecule has 1 aliphatic carbocycles. The number of nitrogens with zero attached hydrogens (tertiary/aromatic N) is 2. The SMILES string of the molecule is COc1ccc(C2=C(N3CCC(C)CC3)C(=O)N(C3CCCCC3)C2=O)cc1OC. The lowest BCUT2D eigenvalue weighted by atomic mass is 9.94. The minimum Gasteiger partial charge on any atom is -0.493 e. The summed E-state index contributed by atoms with van der Waals surface area (Å²) in [5.41, 5.74) is 1.81. The standard InChI is InChI=1S/C24H32N2O4/c1-16-11-13-25(14-12-16)22-21(17-9-10-19(29-2)20(15-17)30-3)23(27)26(24(22)28)18-7-5-4-6-8-18/h9-10,15-16,18H,4-8,11-14H2,1-3H3. The summed E-state index contributed by atoms with van der Waals surface area (Å²) in [6, 6.07) is 5.49. The van der Waals surface area contributed by atoms with Crippen LogP contribution in [-0.4, -0.2) is 55.0 Å². The average molecular weight is 413 g/mol. The van der Waals surface area contributed by atoms with E-state index in [1.54, 1.807) is 25.2 Å². The van der Waals surface area contributed by atoms with E-state index >= 15 is 0 Å². The summed E-state index contributed by atoms with van der Waals surface area (Å²) in [5, 5.41) is 0. The van der Waals surface area contributed by atoms with E-state index in [2.05, 4.69) is 11.8 Å². The highest BCUT2D eigenvalue weighted by atomic mass is 16.5. The molecule has 2 fully saturated rings. The summed E-state index contributed by atoms with van der Waals surface area (Å²) in [6.07, 6.45) is 7.21. The van der Waals surface area contributed by atoms with Crippen molar-refractivity contribution in [2.45, 2.75) is 57.9 Å². The quantitative estimate of drug-likeness (QED) is 0.688. The Morgan fingerprint density at radius 2 is 1.53 bits per heavy atom. The maximum Gasteiger partial charge on any atom is 0.278 e. The van der Waals surface area contributed by atoms with E-state index in [-0.39, 0.29) is 17.9 Å². The van der Waals surface area contributed by atoms with E-state index in [0.717, 1.165) is 57.2 Å². The first-order valence-corrected chi connectivity index (χ1v) is 11.1. The van der Waals surface area contributed by atoms with Crippen LogP contribution in [0.3, 0.4) is 0 Å². The largest absolute Gasteiger partial charge is 0.493 e. The number of likely N-dealkylation sites (tertiary alicyclic amines) is 1. The Labute approximate surface area is 178 Å². The normalized spacial score (nSPS) is 21.6. The van der Waals surface area contributed by atoms with Crippen LogP contribution in [0.1, 0.15) is 57.4 Å². The summed E-state index contributed by atoms with van der Waals surface area (Å²) >= 11 is 0. The molecule has 0 radical (unpaired) electrons. The Morgan fingerprint density at radius 3 is 2.17 bits per heavy atom. The van der Waals surface area contributed by atoms with Crippen molar-refractivity contribution in [1.29, 1.82) is 0 Å². The summed E-state index contributed by atoms with van der Waals surface area (Å²) in [6.45, 7) is 3.87. The molecule has 1 aromatic carbocycles. The number of ether oxygens (including phenoxy) is 2. The Kier molecular flexibility index (Phi) is 6.02. The van der Waals surface area contributed by atoms with Gasteiger partial charge in [-0.05, 0) is 49.3 Å². The van der Waals surface area contributed by atoms with E-state index in [9.17, 15) is 9.59 Å². The first-order chi connectivity index (χ1) is 14.5. The molecule has 2 heterocycles. The van der Waals surface area contributed by atoms with Crippen molar-refractivity contribution >= 4 is 17.4 Å². The third kappa shape index (κ3) is 3.68.